The third kappa shape index (κ3) is 2.20. The summed E-state index contributed by atoms with van der Waals surface area (Å²) in [6.07, 6.45) is 0. The van der Waals surface area contributed by atoms with E-state index in [9.17, 15) is 10.2 Å². The second-order valence-corrected chi connectivity index (χ2v) is 6.58. The van der Waals surface area contributed by atoms with E-state index in [0.717, 1.165) is 49.7 Å². The Labute approximate surface area is 145 Å². The average molecular weight is 335 g/mol. The predicted molar refractivity (Wildman–Crippen MR) is 101 cm³/mol. The van der Waals surface area contributed by atoms with Gasteiger partial charge < -0.3 is 15.1 Å². The molecule has 0 aliphatic rings. The monoisotopic (exact) mass is 335 g/mol. The summed E-state index contributed by atoms with van der Waals surface area (Å²) in [6.45, 7) is 1.69. The number of aliphatic hydroxyl groups excluding tert-OH is 2. The molecular formula is C20H21N3O2. The van der Waals surface area contributed by atoms with Crippen molar-refractivity contribution in [2.24, 2.45) is 0 Å². The van der Waals surface area contributed by atoms with Crippen LogP contribution in [0.1, 0.15) is 16.8 Å². The number of anilines is 1. The van der Waals surface area contributed by atoms with Crippen molar-refractivity contribution in [1.82, 2.24) is 9.61 Å². The van der Waals surface area contributed by atoms with Crippen LogP contribution in [0.5, 0.6) is 0 Å². The van der Waals surface area contributed by atoms with E-state index in [1.165, 1.54) is 0 Å². The van der Waals surface area contributed by atoms with E-state index in [1.54, 1.807) is 0 Å². The van der Waals surface area contributed by atoms with Gasteiger partial charge in [0, 0.05) is 41.7 Å². The number of rotatable bonds is 3. The Morgan fingerprint density at radius 1 is 0.960 bits per heavy atom. The van der Waals surface area contributed by atoms with Crippen molar-refractivity contribution >= 4 is 32.9 Å². The van der Waals surface area contributed by atoms with Gasteiger partial charge in [0.2, 0.25) is 0 Å². The molecule has 5 heteroatoms. The van der Waals surface area contributed by atoms with Crippen LogP contribution in [-0.4, -0.2) is 33.9 Å². The summed E-state index contributed by atoms with van der Waals surface area (Å²) >= 11 is 0. The molecule has 0 amide bonds. The summed E-state index contributed by atoms with van der Waals surface area (Å²) in [5, 5.41) is 28.9. The van der Waals surface area contributed by atoms with Crippen LogP contribution in [0, 0.1) is 6.92 Å². The molecule has 25 heavy (non-hydrogen) atoms. The third-order valence-electron chi connectivity index (χ3n) is 4.93. The van der Waals surface area contributed by atoms with Gasteiger partial charge in [0.1, 0.15) is 0 Å². The molecule has 5 nitrogen and oxygen atoms in total. The van der Waals surface area contributed by atoms with Crippen LogP contribution in [0.25, 0.3) is 27.1 Å². The minimum atomic E-state index is -0.127. The first kappa shape index (κ1) is 15.9. The molecule has 0 unspecified atom stereocenters. The number of aliphatic hydroxyl groups is 2. The molecule has 0 aliphatic heterocycles. The molecule has 2 aromatic heterocycles. The van der Waals surface area contributed by atoms with Crippen molar-refractivity contribution in [2.75, 3.05) is 19.0 Å². The highest BCUT2D eigenvalue weighted by Crippen LogP contribution is 2.35. The van der Waals surface area contributed by atoms with E-state index < -0.39 is 0 Å². The lowest BCUT2D eigenvalue weighted by atomic mass is 10.0. The number of benzene rings is 2. The van der Waals surface area contributed by atoms with Crippen LogP contribution in [0.2, 0.25) is 0 Å². The number of nitrogens with zero attached hydrogens (tertiary/aromatic N) is 3. The van der Waals surface area contributed by atoms with Gasteiger partial charge in [0.15, 0.2) is 5.82 Å². The molecule has 0 atom stereocenters. The fourth-order valence-corrected chi connectivity index (χ4v) is 3.67. The first-order chi connectivity index (χ1) is 12.1. The summed E-state index contributed by atoms with van der Waals surface area (Å²) in [5.74, 6) is 0.861. The Bertz CT molecular complexity index is 1110. The Balaban J connectivity index is 2.29. The maximum atomic E-state index is 9.95. The molecule has 2 N–H and O–H groups in total. The van der Waals surface area contributed by atoms with Crippen LogP contribution < -0.4 is 4.90 Å². The summed E-state index contributed by atoms with van der Waals surface area (Å²) in [7, 11) is 3.95. The van der Waals surface area contributed by atoms with Crippen LogP contribution in [0.3, 0.4) is 0 Å². The van der Waals surface area contributed by atoms with Gasteiger partial charge in [-0.15, -0.1) is 5.10 Å². The van der Waals surface area contributed by atoms with E-state index in [4.69, 9.17) is 5.10 Å². The maximum Gasteiger partial charge on any atom is 0.157 e. The zero-order valence-corrected chi connectivity index (χ0v) is 14.6. The summed E-state index contributed by atoms with van der Waals surface area (Å²) in [4.78, 5) is 1.99. The normalized spacial score (nSPS) is 11.7. The number of aryl methyl sites for hydroxylation is 1. The molecule has 0 saturated carbocycles. The first-order valence-electron chi connectivity index (χ1n) is 8.31. The van der Waals surface area contributed by atoms with Crippen LogP contribution >= 0.6 is 0 Å². The maximum absolute atomic E-state index is 9.95. The lowest BCUT2D eigenvalue weighted by molar-refractivity contribution is 0.261. The van der Waals surface area contributed by atoms with Gasteiger partial charge in [-0.1, -0.05) is 24.3 Å². The molecule has 0 aliphatic carbocycles. The highest BCUT2D eigenvalue weighted by molar-refractivity contribution is 6.10. The molecule has 2 aromatic carbocycles. The molecule has 0 spiro atoms. The lowest BCUT2D eigenvalue weighted by Crippen LogP contribution is -2.13. The van der Waals surface area contributed by atoms with Crippen LogP contribution in [-0.2, 0) is 13.2 Å². The van der Waals surface area contributed by atoms with Crippen molar-refractivity contribution in [1.29, 1.82) is 0 Å². The Morgan fingerprint density at radius 2 is 1.56 bits per heavy atom. The largest absolute Gasteiger partial charge is 0.392 e. The van der Waals surface area contributed by atoms with E-state index in [-0.39, 0.29) is 13.2 Å². The number of hydrogen-bond acceptors (Lipinski definition) is 4. The standard InChI is InChI=1S/C20H21N3O2/c1-12-17(10-24)18(11-25)19-15-8-13-6-4-5-7-14(13)9-16(15)20(22(2)3)21-23(12)19/h4-9,24-25H,10-11H2,1-3H3. The zero-order chi connectivity index (χ0) is 17.7. The van der Waals surface area contributed by atoms with Crippen LogP contribution in [0.4, 0.5) is 5.82 Å². The Morgan fingerprint density at radius 3 is 2.12 bits per heavy atom. The van der Waals surface area contributed by atoms with Gasteiger partial charge in [-0.3, -0.25) is 0 Å². The number of hydrogen-bond donors (Lipinski definition) is 2. The first-order valence-corrected chi connectivity index (χ1v) is 8.31. The van der Waals surface area contributed by atoms with E-state index in [2.05, 4.69) is 24.3 Å². The summed E-state index contributed by atoms with van der Waals surface area (Å²) < 4.78 is 1.85. The zero-order valence-electron chi connectivity index (χ0n) is 14.6. The van der Waals surface area contributed by atoms with Crippen molar-refractivity contribution in [3.63, 3.8) is 0 Å². The molecule has 0 saturated heterocycles. The molecule has 0 fully saturated rings. The van der Waals surface area contributed by atoms with Gasteiger partial charge in [0.05, 0.1) is 18.7 Å². The van der Waals surface area contributed by atoms with Gasteiger partial charge in [-0.25, -0.2) is 4.52 Å². The molecular weight excluding hydrogens is 314 g/mol. The van der Waals surface area contributed by atoms with E-state index in [1.807, 2.05) is 42.6 Å². The second kappa shape index (κ2) is 5.72. The molecule has 4 rings (SSSR count). The number of fused-ring (bicyclic) bond motifs is 4. The highest BCUT2D eigenvalue weighted by Gasteiger charge is 2.20. The highest BCUT2D eigenvalue weighted by atomic mass is 16.3. The van der Waals surface area contributed by atoms with Gasteiger partial charge >= 0.3 is 0 Å². The Kier molecular flexibility index (Phi) is 3.63. The third-order valence-corrected chi connectivity index (χ3v) is 4.93. The lowest BCUT2D eigenvalue weighted by Gasteiger charge is -2.17. The molecule has 128 valence electrons. The molecule has 0 bridgehead atoms. The molecule has 0 radical (unpaired) electrons. The summed E-state index contributed by atoms with van der Waals surface area (Å²) in [5.41, 5.74) is 3.23. The topological polar surface area (TPSA) is 61.0 Å². The van der Waals surface area contributed by atoms with Gasteiger partial charge in [-0.2, -0.15) is 0 Å². The molecule has 4 aromatic rings. The minimum absolute atomic E-state index is 0.114. The predicted octanol–water partition coefficient (Wildman–Crippen LogP) is 3.00. The van der Waals surface area contributed by atoms with Crippen molar-refractivity contribution in [3.05, 3.63) is 53.2 Å². The van der Waals surface area contributed by atoms with E-state index in [0.29, 0.717) is 0 Å². The van der Waals surface area contributed by atoms with Crippen LogP contribution in [0.15, 0.2) is 36.4 Å². The van der Waals surface area contributed by atoms with Gasteiger partial charge in [-0.05, 0) is 29.8 Å². The van der Waals surface area contributed by atoms with E-state index >= 15 is 0 Å². The van der Waals surface area contributed by atoms with Crippen molar-refractivity contribution in [2.45, 2.75) is 20.1 Å². The quantitative estimate of drug-likeness (QED) is 0.565. The van der Waals surface area contributed by atoms with Crippen molar-refractivity contribution < 1.29 is 10.2 Å². The fraction of sp³-hybridized carbons (Fsp3) is 0.250. The van der Waals surface area contributed by atoms with Gasteiger partial charge in [0.25, 0.3) is 0 Å². The van der Waals surface area contributed by atoms with Crippen molar-refractivity contribution in [3.8, 4) is 0 Å². The minimum Gasteiger partial charge on any atom is -0.392 e. The second-order valence-electron chi connectivity index (χ2n) is 6.58. The summed E-state index contributed by atoms with van der Waals surface area (Å²) in [6, 6.07) is 12.5. The Hall–Kier alpha value is -2.63. The molecule has 2 heterocycles. The SMILES string of the molecule is Cc1c(CO)c(CO)c2c3cc4ccccc4cc3c(N(C)C)nn12. The average Bonchev–Trinajstić information content (AvgIpc) is 2.90. The smallest absolute Gasteiger partial charge is 0.157 e. The number of aromatic nitrogens is 2. The fourth-order valence-electron chi connectivity index (χ4n) is 3.67.